The van der Waals surface area contributed by atoms with Crippen LogP contribution in [0.4, 0.5) is 5.69 Å². The number of nitrogens with one attached hydrogen (secondary N) is 1. The summed E-state index contributed by atoms with van der Waals surface area (Å²) >= 11 is 0. The summed E-state index contributed by atoms with van der Waals surface area (Å²) in [6.45, 7) is 3.80. The van der Waals surface area contributed by atoms with E-state index in [0.29, 0.717) is 17.9 Å². The molecule has 0 aromatic heterocycles. The van der Waals surface area contributed by atoms with E-state index in [1.807, 2.05) is 38.1 Å². The van der Waals surface area contributed by atoms with Crippen LogP contribution in [0.5, 0.6) is 5.75 Å². The van der Waals surface area contributed by atoms with Crippen molar-refractivity contribution in [2.24, 2.45) is 0 Å². The minimum absolute atomic E-state index is 0.0549. The van der Waals surface area contributed by atoms with Crippen molar-refractivity contribution in [1.29, 1.82) is 0 Å². The first kappa shape index (κ1) is 16.0. The van der Waals surface area contributed by atoms with Crippen molar-refractivity contribution < 1.29 is 14.6 Å². The van der Waals surface area contributed by atoms with Crippen molar-refractivity contribution in [2.45, 2.75) is 33.0 Å². The molecule has 0 aliphatic rings. The second-order valence-electron chi connectivity index (χ2n) is 5.13. The summed E-state index contributed by atoms with van der Waals surface area (Å²) in [6.07, 6.45) is 0.0127. The van der Waals surface area contributed by atoms with Gasteiger partial charge in [-0.15, -0.1) is 0 Å². The Hall–Kier alpha value is -2.33. The standard InChI is InChI=1S/C18H21NO3/c1-3-16(22-17-10-5-4-7-13(17)2)18(21)19-15-9-6-8-14(11-15)12-20/h4-11,16,20H,3,12H2,1-2H3,(H,19,21). The quantitative estimate of drug-likeness (QED) is 0.860. The molecule has 0 saturated heterocycles. The first-order valence-corrected chi connectivity index (χ1v) is 7.37. The molecular weight excluding hydrogens is 278 g/mol. The number of hydrogen-bond acceptors (Lipinski definition) is 3. The monoisotopic (exact) mass is 299 g/mol. The molecular formula is C18H21NO3. The largest absolute Gasteiger partial charge is 0.480 e. The van der Waals surface area contributed by atoms with Crippen LogP contribution < -0.4 is 10.1 Å². The SMILES string of the molecule is CCC(Oc1ccccc1C)C(=O)Nc1cccc(CO)c1. The Labute approximate surface area is 130 Å². The third-order valence-corrected chi connectivity index (χ3v) is 3.40. The molecule has 1 atom stereocenters. The van der Waals surface area contributed by atoms with Crippen LogP contribution in [0.25, 0.3) is 0 Å². The number of ether oxygens (including phenoxy) is 1. The van der Waals surface area contributed by atoms with Crippen LogP contribution in [0.15, 0.2) is 48.5 Å². The molecule has 116 valence electrons. The maximum absolute atomic E-state index is 12.4. The van der Waals surface area contributed by atoms with Crippen LogP contribution >= 0.6 is 0 Å². The van der Waals surface area contributed by atoms with E-state index in [9.17, 15) is 4.79 Å². The molecule has 0 spiro atoms. The van der Waals surface area contributed by atoms with Gasteiger partial charge in [0.05, 0.1) is 6.61 Å². The summed E-state index contributed by atoms with van der Waals surface area (Å²) in [5.74, 6) is 0.523. The van der Waals surface area contributed by atoms with E-state index >= 15 is 0 Å². The molecule has 0 fully saturated rings. The van der Waals surface area contributed by atoms with Crippen molar-refractivity contribution in [3.05, 3.63) is 59.7 Å². The first-order chi connectivity index (χ1) is 10.6. The Bertz CT molecular complexity index is 640. The van der Waals surface area contributed by atoms with Gasteiger partial charge in [0.2, 0.25) is 0 Å². The Morgan fingerprint density at radius 3 is 2.68 bits per heavy atom. The number of aliphatic hydroxyl groups excluding tert-OH is 1. The first-order valence-electron chi connectivity index (χ1n) is 7.37. The zero-order valence-corrected chi connectivity index (χ0v) is 12.9. The number of aryl methyl sites for hydroxylation is 1. The van der Waals surface area contributed by atoms with Crippen LogP contribution in [-0.4, -0.2) is 17.1 Å². The van der Waals surface area contributed by atoms with Gasteiger partial charge >= 0.3 is 0 Å². The lowest BCUT2D eigenvalue weighted by Gasteiger charge is -2.18. The minimum Gasteiger partial charge on any atom is -0.480 e. The van der Waals surface area contributed by atoms with E-state index in [1.165, 1.54) is 0 Å². The average molecular weight is 299 g/mol. The second kappa shape index (κ2) is 7.61. The maximum Gasteiger partial charge on any atom is 0.265 e. The molecule has 0 aliphatic heterocycles. The second-order valence-corrected chi connectivity index (χ2v) is 5.13. The molecule has 0 aliphatic carbocycles. The fraction of sp³-hybridized carbons (Fsp3) is 0.278. The Morgan fingerprint density at radius 2 is 2.00 bits per heavy atom. The van der Waals surface area contributed by atoms with E-state index < -0.39 is 6.10 Å². The van der Waals surface area contributed by atoms with Gasteiger partial charge in [-0.1, -0.05) is 37.3 Å². The highest BCUT2D eigenvalue weighted by Gasteiger charge is 2.19. The number of aliphatic hydroxyl groups is 1. The lowest BCUT2D eigenvalue weighted by molar-refractivity contribution is -0.122. The number of anilines is 1. The molecule has 0 heterocycles. The van der Waals surface area contributed by atoms with Gasteiger partial charge in [0.1, 0.15) is 5.75 Å². The predicted molar refractivity (Wildman–Crippen MR) is 86.9 cm³/mol. The topological polar surface area (TPSA) is 58.6 Å². The molecule has 2 aromatic carbocycles. The van der Waals surface area contributed by atoms with Gasteiger partial charge in [0.15, 0.2) is 6.10 Å². The number of hydrogen-bond donors (Lipinski definition) is 2. The molecule has 0 bridgehead atoms. The Balaban J connectivity index is 2.07. The van der Waals surface area contributed by atoms with Crippen molar-refractivity contribution in [3.8, 4) is 5.75 Å². The number of amides is 1. The molecule has 2 rings (SSSR count). The van der Waals surface area contributed by atoms with Crippen LogP contribution in [0.2, 0.25) is 0 Å². The number of para-hydroxylation sites is 1. The summed E-state index contributed by atoms with van der Waals surface area (Å²) in [5.41, 5.74) is 2.41. The van der Waals surface area contributed by atoms with Gasteiger partial charge in [0, 0.05) is 5.69 Å². The summed E-state index contributed by atoms with van der Waals surface area (Å²) in [4.78, 5) is 12.4. The summed E-state index contributed by atoms with van der Waals surface area (Å²) in [6, 6.07) is 14.8. The van der Waals surface area contributed by atoms with Gasteiger partial charge in [0.25, 0.3) is 5.91 Å². The van der Waals surface area contributed by atoms with Crippen LogP contribution in [0, 0.1) is 6.92 Å². The lowest BCUT2D eigenvalue weighted by atomic mass is 10.2. The molecule has 2 N–H and O–H groups in total. The minimum atomic E-state index is -0.557. The predicted octanol–water partition coefficient (Wildman–Crippen LogP) is 3.28. The van der Waals surface area contributed by atoms with Crippen molar-refractivity contribution in [2.75, 3.05) is 5.32 Å². The Kier molecular flexibility index (Phi) is 5.55. The fourth-order valence-electron chi connectivity index (χ4n) is 2.13. The van der Waals surface area contributed by atoms with Crippen molar-refractivity contribution in [3.63, 3.8) is 0 Å². The van der Waals surface area contributed by atoms with Gasteiger partial charge in [-0.05, 0) is 42.7 Å². The van der Waals surface area contributed by atoms with Crippen molar-refractivity contribution in [1.82, 2.24) is 0 Å². The number of carbonyl (C=O) groups excluding carboxylic acids is 1. The number of benzene rings is 2. The molecule has 4 nitrogen and oxygen atoms in total. The highest BCUT2D eigenvalue weighted by molar-refractivity contribution is 5.94. The molecule has 1 amide bonds. The molecule has 2 aromatic rings. The molecule has 0 radical (unpaired) electrons. The summed E-state index contributed by atoms with van der Waals surface area (Å²) in [7, 11) is 0. The van der Waals surface area contributed by atoms with Gasteiger partial charge in [-0.2, -0.15) is 0 Å². The summed E-state index contributed by atoms with van der Waals surface area (Å²) in [5, 5.41) is 12.0. The Morgan fingerprint density at radius 1 is 1.23 bits per heavy atom. The highest BCUT2D eigenvalue weighted by atomic mass is 16.5. The van der Waals surface area contributed by atoms with E-state index in [-0.39, 0.29) is 12.5 Å². The van der Waals surface area contributed by atoms with Crippen LogP contribution in [0.1, 0.15) is 24.5 Å². The summed E-state index contributed by atoms with van der Waals surface area (Å²) < 4.78 is 5.82. The maximum atomic E-state index is 12.4. The van der Waals surface area contributed by atoms with E-state index in [1.54, 1.807) is 24.3 Å². The van der Waals surface area contributed by atoms with E-state index in [4.69, 9.17) is 9.84 Å². The van der Waals surface area contributed by atoms with Crippen LogP contribution in [0.3, 0.4) is 0 Å². The smallest absolute Gasteiger partial charge is 0.265 e. The van der Waals surface area contributed by atoms with Gasteiger partial charge in [-0.3, -0.25) is 4.79 Å². The fourth-order valence-corrected chi connectivity index (χ4v) is 2.13. The number of carbonyl (C=O) groups is 1. The van der Waals surface area contributed by atoms with Gasteiger partial charge < -0.3 is 15.2 Å². The normalized spacial score (nSPS) is 11.8. The molecule has 0 saturated carbocycles. The molecule has 22 heavy (non-hydrogen) atoms. The third-order valence-electron chi connectivity index (χ3n) is 3.40. The van der Waals surface area contributed by atoms with E-state index in [2.05, 4.69) is 5.32 Å². The zero-order valence-electron chi connectivity index (χ0n) is 12.9. The zero-order chi connectivity index (χ0) is 15.9. The van der Waals surface area contributed by atoms with Crippen molar-refractivity contribution >= 4 is 11.6 Å². The van der Waals surface area contributed by atoms with Crippen LogP contribution in [-0.2, 0) is 11.4 Å². The molecule has 1 unspecified atom stereocenters. The highest BCUT2D eigenvalue weighted by Crippen LogP contribution is 2.20. The third kappa shape index (κ3) is 4.09. The molecule has 4 heteroatoms. The van der Waals surface area contributed by atoms with Gasteiger partial charge in [-0.25, -0.2) is 0 Å². The average Bonchev–Trinajstić information content (AvgIpc) is 2.54. The van der Waals surface area contributed by atoms with E-state index in [0.717, 1.165) is 11.1 Å². The number of rotatable bonds is 6. The lowest BCUT2D eigenvalue weighted by Crippen LogP contribution is -2.32.